The van der Waals surface area contributed by atoms with Gasteiger partial charge < -0.3 is 9.84 Å². The van der Waals surface area contributed by atoms with E-state index in [1.54, 1.807) is 24.3 Å². The van der Waals surface area contributed by atoms with E-state index in [1.807, 2.05) is 0 Å². The van der Waals surface area contributed by atoms with E-state index < -0.39 is 0 Å². The van der Waals surface area contributed by atoms with Gasteiger partial charge >= 0.3 is 5.97 Å². The molecule has 3 nitrogen and oxygen atoms in total. The van der Waals surface area contributed by atoms with Crippen LogP contribution in [-0.4, -0.2) is 17.7 Å². The summed E-state index contributed by atoms with van der Waals surface area (Å²) in [5, 5.41) is 9.10. The maximum atomic E-state index is 11.7. The lowest BCUT2D eigenvalue weighted by Crippen LogP contribution is -2.09. The average molecular weight is 236 g/mol. The van der Waals surface area contributed by atoms with E-state index in [-0.39, 0.29) is 12.6 Å². The largest absolute Gasteiger partial charge is 0.462 e. The molecule has 1 rings (SSSR count). The fourth-order valence-corrected chi connectivity index (χ4v) is 1.63. The summed E-state index contributed by atoms with van der Waals surface area (Å²) < 4.78 is 5.17. The van der Waals surface area contributed by atoms with Crippen LogP contribution in [0.1, 0.15) is 48.5 Å². The van der Waals surface area contributed by atoms with Gasteiger partial charge in [0.25, 0.3) is 0 Å². The van der Waals surface area contributed by atoms with Crippen LogP contribution >= 0.6 is 0 Å². The molecule has 0 bridgehead atoms. The highest BCUT2D eigenvalue weighted by atomic mass is 16.5. The minimum Gasteiger partial charge on any atom is -0.462 e. The number of benzene rings is 1. The molecule has 0 amide bonds. The van der Waals surface area contributed by atoms with E-state index in [2.05, 4.69) is 6.92 Å². The second-order valence-corrected chi connectivity index (χ2v) is 4.01. The summed E-state index contributed by atoms with van der Waals surface area (Å²) >= 11 is 0. The van der Waals surface area contributed by atoms with E-state index in [0.717, 1.165) is 12.8 Å². The van der Waals surface area contributed by atoms with Crippen LogP contribution in [0.15, 0.2) is 24.3 Å². The third-order valence-corrected chi connectivity index (χ3v) is 2.64. The molecule has 1 aromatic carbocycles. The molecular weight excluding hydrogens is 216 g/mol. The Labute approximate surface area is 102 Å². The molecule has 17 heavy (non-hydrogen) atoms. The van der Waals surface area contributed by atoms with E-state index in [9.17, 15) is 4.79 Å². The number of carbonyl (C=O) groups excluding carboxylic acids is 1. The van der Waals surface area contributed by atoms with Crippen molar-refractivity contribution in [3.63, 3.8) is 0 Å². The number of rotatable bonds is 7. The van der Waals surface area contributed by atoms with Crippen molar-refractivity contribution in [1.29, 1.82) is 0 Å². The molecule has 0 saturated carbocycles. The highest BCUT2D eigenvalue weighted by Gasteiger charge is 2.10. The lowest BCUT2D eigenvalue weighted by molar-refractivity contribution is 0.0494. The van der Waals surface area contributed by atoms with Gasteiger partial charge in [0.2, 0.25) is 0 Å². The summed E-state index contributed by atoms with van der Waals surface area (Å²) in [6.45, 7) is 2.46. The Bertz CT molecular complexity index is 347. The first-order chi connectivity index (χ1) is 8.29. The summed E-state index contributed by atoms with van der Waals surface area (Å²) in [5.74, 6) is -0.342. The van der Waals surface area contributed by atoms with Crippen molar-refractivity contribution in [2.75, 3.05) is 6.61 Å². The molecule has 0 aliphatic carbocycles. The zero-order valence-electron chi connectivity index (χ0n) is 10.3. The lowest BCUT2D eigenvalue weighted by Gasteiger charge is -2.07. The predicted molar refractivity (Wildman–Crippen MR) is 66.8 cm³/mol. The summed E-state index contributed by atoms with van der Waals surface area (Å²) in [5.41, 5.74) is 1.08. The standard InChI is InChI=1S/C14H20O3/c1-2-3-4-7-10-17-14(16)13-9-6-5-8-12(13)11-15/h5-6,8-9,15H,2-4,7,10-11H2,1H3. The molecule has 0 aliphatic heterocycles. The Morgan fingerprint density at radius 1 is 1.24 bits per heavy atom. The van der Waals surface area contributed by atoms with Gasteiger partial charge in [-0.15, -0.1) is 0 Å². The van der Waals surface area contributed by atoms with Gasteiger partial charge in [-0.2, -0.15) is 0 Å². The highest BCUT2D eigenvalue weighted by molar-refractivity contribution is 5.91. The maximum Gasteiger partial charge on any atom is 0.338 e. The SMILES string of the molecule is CCCCCCOC(=O)c1ccccc1CO. The van der Waals surface area contributed by atoms with Gasteiger partial charge in [0.15, 0.2) is 0 Å². The third-order valence-electron chi connectivity index (χ3n) is 2.64. The van der Waals surface area contributed by atoms with Crippen LogP contribution in [0.2, 0.25) is 0 Å². The highest BCUT2D eigenvalue weighted by Crippen LogP contribution is 2.10. The first-order valence-electron chi connectivity index (χ1n) is 6.15. The fourth-order valence-electron chi connectivity index (χ4n) is 1.63. The van der Waals surface area contributed by atoms with E-state index in [1.165, 1.54) is 12.8 Å². The number of hydrogen-bond donors (Lipinski definition) is 1. The number of unbranched alkanes of at least 4 members (excludes halogenated alkanes) is 3. The van der Waals surface area contributed by atoms with Crippen molar-refractivity contribution < 1.29 is 14.6 Å². The molecule has 0 radical (unpaired) electrons. The quantitative estimate of drug-likeness (QED) is 0.585. The van der Waals surface area contributed by atoms with Gasteiger partial charge in [-0.1, -0.05) is 44.4 Å². The van der Waals surface area contributed by atoms with Gasteiger partial charge in [-0.3, -0.25) is 0 Å². The number of ether oxygens (including phenoxy) is 1. The fraction of sp³-hybridized carbons (Fsp3) is 0.500. The van der Waals surface area contributed by atoms with Crippen LogP contribution in [0.25, 0.3) is 0 Å². The van der Waals surface area contributed by atoms with Crippen LogP contribution < -0.4 is 0 Å². The minimum absolute atomic E-state index is 0.138. The number of aliphatic hydroxyl groups is 1. The summed E-state index contributed by atoms with van der Waals surface area (Å²) in [6.07, 6.45) is 4.33. The van der Waals surface area contributed by atoms with Crippen molar-refractivity contribution in [3.05, 3.63) is 35.4 Å². The van der Waals surface area contributed by atoms with Crippen LogP contribution in [0.3, 0.4) is 0 Å². The van der Waals surface area contributed by atoms with Crippen molar-refractivity contribution >= 4 is 5.97 Å². The van der Waals surface area contributed by atoms with Crippen LogP contribution in [0.5, 0.6) is 0 Å². The molecule has 94 valence electrons. The zero-order chi connectivity index (χ0) is 12.5. The number of hydrogen-bond acceptors (Lipinski definition) is 3. The molecule has 0 aromatic heterocycles. The maximum absolute atomic E-state index is 11.7. The predicted octanol–water partition coefficient (Wildman–Crippen LogP) is 2.92. The summed E-state index contributed by atoms with van der Waals surface area (Å²) in [4.78, 5) is 11.7. The number of carbonyl (C=O) groups is 1. The Balaban J connectivity index is 2.41. The lowest BCUT2D eigenvalue weighted by atomic mass is 10.1. The molecule has 0 unspecified atom stereocenters. The molecule has 0 spiro atoms. The van der Waals surface area contributed by atoms with Crippen molar-refractivity contribution in [2.24, 2.45) is 0 Å². The minimum atomic E-state index is -0.342. The van der Waals surface area contributed by atoms with Gasteiger partial charge in [0, 0.05) is 0 Å². The van der Waals surface area contributed by atoms with Gasteiger partial charge in [-0.25, -0.2) is 4.79 Å². The van der Waals surface area contributed by atoms with Crippen molar-refractivity contribution in [2.45, 2.75) is 39.2 Å². The molecule has 3 heteroatoms. The Morgan fingerprint density at radius 2 is 2.00 bits per heavy atom. The molecular formula is C14H20O3. The second-order valence-electron chi connectivity index (χ2n) is 4.01. The van der Waals surface area contributed by atoms with E-state index >= 15 is 0 Å². The normalized spacial score (nSPS) is 10.2. The van der Waals surface area contributed by atoms with Gasteiger partial charge in [0.1, 0.15) is 0 Å². The monoisotopic (exact) mass is 236 g/mol. The van der Waals surface area contributed by atoms with Crippen molar-refractivity contribution in [1.82, 2.24) is 0 Å². The Hall–Kier alpha value is -1.35. The van der Waals surface area contributed by atoms with Gasteiger partial charge in [-0.05, 0) is 18.1 Å². The van der Waals surface area contributed by atoms with E-state index in [4.69, 9.17) is 9.84 Å². The van der Waals surface area contributed by atoms with Crippen molar-refractivity contribution in [3.8, 4) is 0 Å². The zero-order valence-corrected chi connectivity index (χ0v) is 10.3. The van der Waals surface area contributed by atoms with Crippen LogP contribution in [-0.2, 0) is 11.3 Å². The smallest absolute Gasteiger partial charge is 0.338 e. The Kier molecular flexibility index (Phi) is 6.33. The number of aliphatic hydroxyl groups excluding tert-OH is 1. The van der Waals surface area contributed by atoms with Crippen LogP contribution in [0.4, 0.5) is 0 Å². The molecule has 0 atom stereocenters. The molecule has 0 aliphatic rings. The number of esters is 1. The van der Waals surface area contributed by atoms with E-state index in [0.29, 0.717) is 17.7 Å². The molecule has 0 fully saturated rings. The first kappa shape index (κ1) is 13.7. The molecule has 1 N–H and O–H groups in total. The average Bonchev–Trinajstić information content (AvgIpc) is 2.38. The second kappa shape index (κ2) is 7.85. The summed E-state index contributed by atoms with van der Waals surface area (Å²) in [6, 6.07) is 6.98. The first-order valence-corrected chi connectivity index (χ1v) is 6.15. The topological polar surface area (TPSA) is 46.5 Å². The summed E-state index contributed by atoms with van der Waals surface area (Å²) in [7, 11) is 0. The third kappa shape index (κ3) is 4.57. The Morgan fingerprint density at radius 3 is 2.71 bits per heavy atom. The molecule has 1 aromatic rings. The molecule has 0 heterocycles. The van der Waals surface area contributed by atoms with Crippen LogP contribution in [0, 0.1) is 0 Å². The van der Waals surface area contributed by atoms with Gasteiger partial charge in [0.05, 0.1) is 18.8 Å². The molecule has 0 saturated heterocycles.